The van der Waals surface area contributed by atoms with Crippen LogP contribution in [-0.2, 0) is 0 Å². The molecule has 0 aromatic heterocycles. The van der Waals surface area contributed by atoms with Crippen LogP contribution in [0.25, 0.3) is 0 Å². The smallest absolute Gasteiger partial charge is 0.00222 e. The van der Waals surface area contributed by atoms with Crippen LogP contribution in [0.5, 0.6) is 0 Å². The van der Waals surface area contributed by atoms with Crippen LogP contribution < -0.4 is 5.32 Å². The van der Waals surface area contributed by atoms with E-state index in [0.29, 0.717) is 0 Å². The number of hydrogen-bond donors (Lipinski definition) is 1. The second-order valence-corrected chi connectivity index (χ2v) is 5.52. The molecular weight excluding hydrogens is 208 g/mol. The summed E-state index contributed by atoms with van der Waals surface area (Å²) in [6.07, 6.45) is 9.83. The van der Waals surface area contributed by atoms with Crippen molar-refractivity contribution in [3.05, 3.63) is 0 Å². The molecule has 0 aliphatic carbocycles. The summed E-state index contributed by atoms with van der Waals surface area (Å²) in [5.41, 5.74) is 0. The summed E-state index contributed by atoms with van der Waals surface area (Å²) in [4.78, 5) is 2.57. The zero-order valence-corrected chi connectivity index (χ0v) is 12.0. The first-order chi connectivity index (χ1) is 8.36. The molecule has 1 atom stereocenters. The van der Waals surface area contributed by atoms with Crippen molar-refractivity contribution < 1.29 is 0 Å². The quantitative estimate of drug-likeness (QED) is 0.590. The molecule has 1 unspecified atom stereocenters. The molecule has 1 aliphatic heterocycles. The molecule has 2 heteroatoms. The van der Waals surface area contributed by atoms with Crippen molar-refractivity contribution in [2.45, 2.75) is 58.8 Å². The molecule has 2 nitrogen and oxygen atoms in total. The lowest BCUT2D eigenvalue weighted by Gasteiger charge is -2.13. The number of nitrogens with zero attached hydrogens (tertiary/aromatic N) is 1. The first-order valence-electron chi connectivity index (χ1n) is 7.79. The molecule has 1 N–H and O–H groups in total. The minimum Gasteiger partial charge on any atom is -0.316 e. The highest BCUT2D eigenvalue weighted by molar-refractivity contribution is 4.76. The molecular formula is C15H32N2. The molecule has 1 aliphatic rings. The lowest BCUT2D eigenvalue weighted by molar-refractivity contribution is 0.338. The maximum atomic E-state index is 3.64. The molecule has 0 amide bonds. The normalized spacial score (nSPS) is 21.2. The maximum absolute atomic E-state index is 3.64. The lowest BCUT2D eigenvalue weighted by atomic mass is 10.1. The molecule has 102 valence electrons. The Balaban J connectivity index is 1.81. The Kier molecular flexibility index (Phi) is 8.72. The van der Waals surface area contributed by atoms with Gasteiger partial charge in [-0.1, -0.05) is 46.0 Å². The fraction of sp³-hybridized carbons (Fsp3) is 1.00. The van der Waals surface area contributed by atoms with Crippen molar-refractivity contribution >= 4 is 0 Å². The van der Waals surface area contributed by atoms with Crippen molar-refractivity contribution in [2.75, 3.05) is 32.7 Å². The second kappa shape index (κ2) is 9.90. The summed E-state index contributed by atoms with van der Waals surface area (Å²) in [7, 11) is 0. The first-order valence-corrected chi connectivity index (χ1v) is 7.79. The monoisotopic (exact) mass is 240 g/mol. The van der Waals surface area contributed by atoms with Gasteiger partial charge in [-0.2, -0.15) is 0 Å². The van der Waals surface area contributed by atoms with Gasteiger partial charge in [0.05, 0.1) is 0 Å². The first kappa shape index (κ1) is 15.0. The highest BCUT2D eigenvalue weighted by Gasteiger charge is 2.20. The molecule has 0 spiro atoms. The van der Waals surface area contributed by atoms with E-state index in [1.807, 2.05) is 0 Å². The lowest BCUT2D eigenvalue weighted by Crippen LogP contribution is -2.27. The topological polar surface area (TPSA) is 15.3 Å². The summed E-state index contributed by atoms with van der Waals surface area (Å²) >= 11 is 0. The van der Waals surface area contributed by atoms with Gasteiger partial charge in [0.15, 0.2) is 0 Å². The largest absolute Gasteiger partial charge is 0.316 e. The van der Waals surface area contributed by atoms with Crippen LogP contribution in [0.3, 0.4) is 0 Å². The number of unbranched alkanes of at least 4 members (excludes halogenated alkanes) is 5. The van der Waals surface area contributed by atoms with Crippen molar-refractivity contribution in [3.63, 3.8) is 0 Å². The maximum Gasteiger partial charge on any atom is 0.00222 e. The van der Waals surface area contributed by atoms with Crippen LogP contribution in [0.1, 0.15) is 58.8 Å². The highest BCUT2D eigenvalue weighted by Crippen LogP contribution is 2.14. The van der Waals surface area contributed by atoms with Gasteiger partial charge in [-0.25, -0.2) is 0 Å². The van der Waals surface area contributed by atoms with Gasteiger partial charge in [0.25, 0.3) is 0 Å². The van der Waals surface area contributed by atoms with E-state index in [1.165, 1.54) is 77.7 Å². The van der Waals surface area contributed by atoms with E-state index < -0.39 is 0 Å². The van der Waals surface area contributed by atoms with Gasteiger partial charge in [-0.15, -0.1) is 0 Å². The zero-order chi connectivity index (χ0) is 12.3. The number of nitrogens with one attached hydrogen (secondary N) is 1. The van der Waals surface area contributed by atoms with Gasteiger partial charge in [0, 0.05) is 6.54 Å². The van der Waals surface area contributed by atoms with Crippen LogP contribution in [0.4, 0.5) is 0 Å². The third kappa shape index (κ3) is 7.05. The standard InChI is InChI=1S/C15H32N2/c1-3-5-6-7-8-9-11-16-13-15-10-12-17(4-2)14-15/h15-16H,3-14H2,1-2H3. The molecule has 0 bridgehead atoms. The van der Waals surface area contributed by atoms with E-state index in [1.54, 1.807) is 0 Å². The average Bonchev–Trinajstić information content (AvgIpc) is 2.80. The molecule has 0 aromatic rings. The Morgan fingerprint density at radius 2 is 1.82 bits per heavy atom. The van der Waals surface area contributed by atoms with Gasteiger partial charge >= 0.3 is 0 Å². The Hall–Kier alpha value is -0.0800. The van der Waals surface area contributed by atoms with E-state index in [9.17, 15) is 0 Å². The van der Waals surface area contributed by atoms with Crippen LogP contribution in [0.2, 0.25) is 0 Å². The van der Waals surface area contributed by atoms with Gasteiger partial charge in [0.1, 0.15) is 0 Å². The van der Waals surface area contributed by atoms with Crippen molar-refractivity contribution in [2.24, 2.45) is 5.92 Å². The Morgan fingerprint density at radius 3 is 2.53 bits per heavy atom. The fourth-order valence-electron chi connectivity index (χ4n) is 2.70. The third-order valence-electron chi connectivity index (χ3n) is 3.96. The molecule has 0 aromatic carbocycles. The van der Waals surface area contributed by atoms with Crippen molar-refractivity contribution in [1.82, 2.24) is 10.2 Å². The van der Waals surface area contributed by atoms with Gasteiger partial charge in [0.2, 0.25) is 0 Å². The molecule has 1 saturated heterocycles. The number of hydrogen-bond acceptors (Lipinski definition) is 2. The minimum atomic E-state index is 0.912. The molecule has 1 rings (SSSR count). The van der Waals surface area contributed by atoms with Gasteiger partial charge in [-0.3, -0.25) is 0 Å². The second-order valence-electron chi connectivity index (χ2n) is 5.52. The SMILES string of the molecule is CCCCCCCCNCC1CCN(CC)C1. The third-order valence-corrected chi connectivity index (χ3v) is 3.96. The summed E-state index contributed by atoms with van der Waals surface area (Å²) in [5.74, 6) is 0.912. The number of rotatable bonds is 10. The van der Waals surface area contributed by atoms with Crippen LogP contribution in [0, 0.1) is 5.92 Å². The Morgan fingerprint density at radius 1 is 1.06 bits per heavy atom. The molecule has 0 saturated carbocycles. The summed E-state index contributed by atoms with van der Waals surface area (Å²) in [5, 5.41) is 3.64. The van der Waals surface area contributed by atoms with Crippen molar-refractivity contribution in [1.29, 1.82) is 0 Å². The summed E-state index contributed by atoms with van der Waals surface area (Å²) < 4.78 is 0. The van der Waals surface area contributed by atoms with Crippen LogP contribution in [0.15, 0.2) is 0 Å². The van der Waals surface area contributed by atoms with E-state index in [2.05, 4.69) is 24.1 Å². The molecule has 0 radical (unpaired) electrons. The molecule has 1 heterocycles. The Bertz CT molecular complexity index is 170. The average molecular weight is 240 g/mol. The van der Waals surface area contributed by atoms with Gasteiger partial charge < -0.3 is 10.2 Å². The van der Waals surface area contributed by atoms with Crippen LogP contribution in [-0.4, -0.2) is 37.6 Å². The van der Waals surface area contributed by atoms with Crippen molar-refractivity contribution in [3.8, 4) is 0 Å². The fourth-order valence-corrected chi connectivity index (χ4v) is 2.70. The highest BCUT2D eigenvalue weighted by atomic mass is 15.1. The summed E-state index contributed by atoms with van der Waals surface area (Å²) in [6, 6.07) is 0. The van der Waals surface area contributed by atoms with Crippen LogP contribution >= 0.6 is 0 Å². The zero-order valence-electron chi connectivity index (χ0n) is 12.0. The van der Waals surface area contributed by atoms with E-state index in [4.69, 9.17) is 0 Å². The minimum absolute atomic E-state index is 0.912. The van der Waals surface area contributed by atoms with E-state index in [0.717, 1.165) is 5.92 Å². The van der Waals surface area contributed by atoms with E-state index in [-0.39, 0.29) is 0 Å². The molecule has 1 fully saturated rings. The number of likely N-dealkylation sites (tertiary alicyclic amines) is 1. The predicted octanol–water partition coefficient (Wildman–Crippen LogP) is 3.28. The Labute approximate surface area is 108 Å². The predicted molar refractivity (Wildman–Crippen MR) is 76.5 cm³/mol. The molecule has 17 heavy (non-hydrogen) atoms. The van der Waals surface area contributed by atoms with E-state index >= 15 is 0 Å². The summed E-state index contributed by atoms with van der Waals surface area (Å²) in [6.45, 7) is 10.9. The van der Waals surface area contributed by atoms with Gasteiger partial charge in [-0.05, 0) is 44.9 Å².